The molecule has 3 aromatic rings. The van der Waals surface area contributed by atoms with Crippen LogP contribution >= 0.6 is 11.3 Å². The quantitative estimate of drug-likeness (QED) is 0.805. The highest BCUT2D eigenvalue weighted by molar-refractivity contribution is 7.17. The molecular weight excluding hydrogens is 298 g/mol. The topological polar surface area (TPSA) is 62.4 Å². The van der Waals surface area contributed by atoms with Crippen molar-refractivity contribution in [2.24, 2.45) is 0 Å². The molecule has 0 aliphatic carbocycles. The zero-order chi connectivity index (χ0) is 15.1. The van der Waals surface area contributed by atoms with Crippen LogP contribution < -0.4 is 0 Å². The molecule has 1 aliphatic heterocycles. The second kappa shape index (κ2) is 5.46. The van der Waals surface area contributed by atoms with Gasteiger partial charge in [-0.1, -0.05) is 23.4 Å². The molecule has 0 spiro atoms. The number of hydrogen-bond donors (Lipinski definition) is 1. The summed E-state index contributed by atoms with van der Waals surface area (Å²) in [6, 6.07) is 8.42. The Kier molecular flexibility index (Phi) is 3.44. The number of rotatable bonds is 3. The van der Waals surface area contributed by atoms with E-state index in [0.717, 1.165) is 6.54 Å². The van der Waals surface area contributed by atoms with Crippen LogP contribution in [0.3, 0.4) is 0 Å². The van der Waals surface area contributed by atoms with Gasteiger partial charge in [-0.15, -0.1) is 11.3 Å². The van der Waals surface area contributed by atoms with Crippen LogP contribution in [0.15, 0.2) is 34.2 Å². The first-order valence-corrected chi connectivity index (χ1v) is 8.26. The lowest BCUT2D eigenvalue weighted by molar-refractivity contribution is 0.169. The summed E-state index contributed by atoms with van der Waals surface area (Å²) in [5, 5.41) is 17.4. The Bertz CT molecular complexity index is 797. The summed E-state index contributed by atoms with van der Waals surface area (Å²) < 4.78 is 6.62. The van der Waals surface area contributed by atoms with Crippen LogP contribution in [0.2, 0.25) is 0 Å². The number of aryl methyl sites for hydroxylation is 1. The first-order valence-electron chi connectivity index (χ1n) is 7.38. The summed E-state index contributed by atoms with van der Waals surface area (Å²) in [5.41, 5.74) is 1.29. The Hall–Kier alpha value is -1.76. The number of aromatic nitrogens is 2. The molecule has 1 N–H and O–H groups in total. The normalized spacial score (nSPS) is 22.6. The summed E-state index contributed by atoms with van der Waals surface area (Å²) in [6.45, 7) is 3.23. The molecule has 4 rings (SSSR count). The van der Waals surface area contributed by atoms with Crippen LogP contribution in [0.25, 0.3) is 10.1 Å². The highest BCUT2D eigenvalue weighted by atomic mass is 32.1. The van der Waals surface area contributed by atoms with Crippen LogP contribution in [0, 0.1) is 6.92 Å². The summed E-state index contributed by atoms with van der Waals surface area (Å²) >= 11 is 1.76. The maximum Gasteiger partial charge on any atom is 0.244 e. The summed E-state index contributed by atoms with van der Waals surface area (Å²) in [5.74, 6) is 1.24. The number of hydrogen-bond acceptors (Lipinski definition) is 6. The minimum Gasteiger partial charge on any atom is -0.392 e. The monoisotopic (exact) mass is 315 g/mol. The molecule has 0 radical (unpaired) electrons. The predicted molar refractivity (Wildman–Crippen MR) is 84.6 cm³/mol. The van der Waals surface area contributed by atoms with Crippen molar-refractivity contribution < 1.29 is 9.63 Å². The van der Waals surface area contributed by atoms with Gasteiger partial charge in [-0.2, -0.15) is 4.98 Å². The number of thiophene rings is 1. The molecule has 22 heavy (non-hydrogen) atoms. The number of β-amino-alcohol motifs (C(OH)–C–C–N with tert-alkyl or cyclic N) is 1. The van der Waals surface area contributed by atoms with Crippen LogP contribution in [0.1, 0.15) is 29.7 Å². The molecule has 6 heteroatoms. The molecule has 3 heterocycles. The van der Waals surface area contributed by atoms with E-state index in [9.17, 15) is 5.11 Å². The van der Waals surface area contributed by atoms with Gasteiger partial charge in [0.15, 0.2) is 5.82 Å². The zero-order valence-electron chi connectivity index (χ0n) is 12.3. The smallest absolute Gasteiger partial charge is 0.244 e. The van der Waals surface area contributed by atoms with Crippen molar-refractivity contribution >= 4 is 21.4 Å². The number of aliphatic hydroxyl groups excluding tert-OH is 1. The summed E-state index contributed by atoms with van der Waals surface area (Å²) in [6.07, 6.45) is 0.297. The molecule has 1 aliphatic rings. The minimum atomic E-state index is -0.345. The van der Waals surface area contributed by atoms with E-state index in [4.69, 9.17) is 4.52 Å². The number of benzene rings is 1. The van der Waals surface area contributed by atoms with Crippen molar-refractivity contribution in [3.05, 3.63) is 46.9 Å². The first kappa shape index (κ1) is 13.9. The molecule has 0 amide bonds. The fourth-order valence-electron chi connectivity index (χ4n) is 3.13. The Labute approximate surface area is 132 Å². The van der Waals surface area contributed by atoms with Gasteiger partial charge in [0.05, 0.1) is 12.1 Å². The molecule has 2 aromatic heterocycles. The molecule has 114 valence electrons. The van der Waals surface area contributed by atoms with Crippen LogP contribution in [-0.2, 0) is 6.54 Å². The van der Waals surface area contributed by atoms with Gasteiger partial charge in [0.1, 0.15) is 0 Å². The van der Waals surface area contributed by atoms with Gasteiger partial charge >= 0.3 is 0 Å². The van der Waals surface area contributed by atoms with Crippen molar-refractivity contribution in [3.63, 3.8) is 0 Å². The standard InChI is InChI=1S/C16H17N3O2S/c1-10-17-16(21-18-10)14-6-12(20)8-19(14)7-11-9-22-15-5-3-2-4-13(11)15/h2-5,9,12,14,20H,6-8H2,1H3/t12-,14+/m0/s1. The highest BCUT2D eigenvalue weighted by Gasteiger charge is 2.35. The van der Waals surface area contributed by atoms with Gasteiger partial charge in [-0.3, -0.25) is 4.90 Å². The average molecular weight is 315 g/mol. The molecule has 0 bridgehead atoms. The maximum atomic E-state index is 10.1. The molecule has 1 aromatic carbocycles. The summed E-state index contributed by atoms with van der Waals surface area (Å²) in [4.78, 5) is 6.57. The Balaban J connectivity index is 1.63. The molecule has 2 atom stereocenters. The second-order valence-corrected chi connectivity index (χ2v) is 6.68. The lowest BCUT2D eigenvalue weighted by Gasteiger charge is -2.20. The van der Waals surface area contributed by atoms with Gasteiger partial charge in [0.25, 0.3) is 0 Å². The van der Waals surface area contributed by atoms with E-state index in [1.807, 2.05) is 6.92 Å². The van der Waals surface area contributed by atoms with Gasteiger partial charge in [-0.25, -0.2) is 0 Å². The van der Waals surface area contributed by atoms with Gasteiger partial charge in [0, 0.05) is 17.8 Å². The van der Waals surface area contributed by atoms with Crippen LogP contribution in [0.4, 0.5) is 0 Å². The SMILES string of the molecule is Cc1noc([C@H]2C[C@H](O)CN2Cc2csc3ccccc23)n1. The van der Waals surface area contributed by atoms with E-state index >= 15 is 0 Å². The van der Waals surface area contributed by atoms with Gasteiger partial charge in [0.2, 0.25) is 5.89 Å². The number of nitrogens with zero attached hydrogens (tertiary/aromatic N) is 3. The lowest BCUT2D eigenvalue weighted by atomic mass is 10.1. The molecule has 5 nitrogen and oxygen atoms in total. The van der Waals surface area contributed by atoms with E-state index in [2.05, 4.69) is 44.7 Å². The van der Waals surface area contributed by atoms with Crippen molar-refractivity contribution in [2.75, 3.05) is 6.54 Å². The maximum absolute atomic E-state index is 10.1. The molecule has 1 saturated heterocycles. The van der Waals surface area contributed by atoms with Crippen LogP contribution in [-0.4, -0.2) is 32.8 Å². The van der Waals surface area contributed by atoms with E-state index in [1.165, 1.54) is 15.6 Å². The predicted octanol–water partition coefficient (Wildman–Crippen LogP) is 2.90. The van der Waals surface area contributed by atoms with E-state index in [0.29, 0.717) is 24.7 Å². The van der Waals surface area contributed by atoms with E-state index < -0.39 is 0 Å². The van der Waals surface area contributed by atoms with Crippen LogP contribution in [0.5, 0.6) is 0 Å². The lowest BCUT2D eigenvalue weighted by Crippen LogP contribution is -2.24. The van der Waals surface area contributed by atoms with E-state index in [1.54, 1.807) is 11.3 Å². The van der Waals surface area contributed by atoms with Gasteiger partial charge in [-0.05, 0) is 35.7 Å². The first-order chi connectivity index (χ1) is 10.7. The number of likely N-dealkylation sites (tertiary alicyclic amines) is 1. The third-order valence-electron chi connectivity index (χ3n) is 4.14. The van der Waals surface area contributed by atoms with E-state index in [-0.39, 0.29) is 12.1 Å². The fraction of sp³-hybridized carbons (Fsp3) is 0.375. The molecular formula is C16H17N3O2S. The highest BCUT2D eigenvalue weighted by Crippen LogP contribution is 2.35. The number of aliphatic hydroxyl groups is 1. The van der Waals surface area contributed by atoms with Crippen molar-refractivity contribution in [1.82, 2.24) is 15.0 Å². The second-order valence-electron chi connectivity index (χ2n) is 5.77. The Morgan fingerprint density at radius 1 is 1.41 bits per heavy atom. The minimum absolute atomic E-state index is 0.00476. The Morgan fingerprint density at radius 3 is 3.09 bits per heavy atom. The molecule has 0 saturated carbocycles. The molecule has 1 fully saturated rings. The summed E-state index contributed by atoms with van der Waals surface area (Å²) in [7, 11) is 0. The third kappa shape index (κ3) is 2.43. The van der Waals surface area contributed by atoms with Crippen molar-refractivity contribution in [3.8, 4) is 0 Å². The fourth-order valence-corrected chi connectivity index (χ4v) is 4.09. The number of fused-ring (bicyclic) bond motifs is 1. The average Bonchev–Trinajstić information content (AvgIpc) is 3.19. The zero-order valence-corrected chi connectivity index (χ0v) is 13.1. The molecule has 0 unspecified atom stereocenters. The van der Waals surface area contributed by atoms with Crippen molar-refractivity contribution in [1.29, 1.82) is 0 Å². The third-order valence-corrected chi connectivity index (χ3v) is 5.16. The Morgan fingerprint density at radius 2 is 2.27 bits per heavy atom. The van der Waals surface area contributed by atoms with Gasteiger partial charge < -0.3 is 9.63 Å². The van der Waals surface area contributed by atoms with Crippen molar-refractivity contribution in [2.45, 2.75) is 32.0 Å². The largest absolute Gasteiger partial charge is 0.392 e.